The number of carbonyl (C=O) groups is 1. The molecule has 2 aliphatic heterocycles. The lowest BCUT2D eigenvalue weighted by atomic mass is 9.98. The molecule has 1 aromatic heterocycles. The van der Waals surface area contributed by atoms with Gasteiger partial charge in [0.15, 0.2) is 0 Å². The molecule has 3 heterocycles. The van der Waals surface area contributed by atoms with E-state index in [1.807, 2.05) is 30.1 Å². The molecule has 1 amide bonds. The van der Waals surface area contributed by atoms with Crippen molar-refractivity contribution in [2.75, 3.05) is 12.8 Å². The Balaban J connectivity index is 1.26. The lowest BCUT2D eigenvalue weighted by molar-refractivity contribution is -0.132. The summed E-state index contributed by atoms with van der Waals surface area (Å²) in [6, 6.07) is 8.91. The van der Waals surface area contributed by atoms with Crippen molar-refractivity contribution in [3.05, 3.63) is 40.4 Å². The molecule has 144 valence electrons. The minimum atomic E-state index is -0.104. The molecule has 0 radical (unpaired) electrons. The first-order valence-corrected chi connectivity index (χ1v) is 10.8. The molecule has 2 aromatic rings. The number of hydrogen-bond donors (Lipinski definition) is 2. The van der Waals surface area contributed by atoms with Crippen LogP contribution in [0.1, 0.15) is 37.9 Å². The molecule has 4 rings (SSSR count). The van der Waals surface area contributed by atoms with Gasteiger partial charge in [0.25, 0.3) is 5.56 Å². The third-order valence-electron chi connectivity index (χ3n) is 5.75. The molecule has 0 spiro atoms. The number of carbonyl (C=O) groups excluding carboxylic acids is 1. The highest BCUT2D eigenvalue weighted by Crippen LogP contribution is 2.29. The molecule has 7 heteroatoms. The number of nitrogens with one attached hydrogen (secondary N) is 2. The molecule has 2 N–H and O–H groups in total. The molecule has 2 bridgehead atoms. The predicted molar refractivity (Wildman–Crippen MR) is 109 cm³/mol. The number of para-hydroxylation sites is 1. The SMILES string of the molecule is CN(C(=O)CCSCc1nc2ccccc2c(=O)[nH]1)C1CC2CCC(C1)N2. The van der Waals surface area contributed by atoms with Crippen LogP contribution in [-0.2, 0) is 10.5 Å². The van der Waals surface area contributed by atoms with Gasteiger partial charge in [-0.25, -0.2) is 4.98 Å². The Labute approximate surface area is 163 Å². The number of fused-ring (bicyclic) bond motifs is 3. The highest BCUT2D eigenvalue weighted by molar-refractivity contribution is 7.98. The number of rotatable bonds is 6. The lowest BCUT2D eigenvalue weighted by Crippen LogP contribution is -2.48. The first-order valence-electron chi connectivity index (χ1n) is 9.67. The topological polar surface area (TPSA) is 78.1 Å². The zero-order valence-electron chi connectivity index (χ0n) is 15.6. The van der Waals surface area contributed by atoms with Gasteiger partial charge in [-0.2, -0.15) is 11.8 Å². The van der Waals surface area contributed by atoms with Crippen LogP contribution in [0.3, 0.4) is 0 Å². The minimum Gasteiger partial charge on any atom is -0.343 e. The third kappa shape index (κ3) is 4.19. The van der Waals surface area contributed by atoms with E-state index in [0.717, 1.165) is 18.6 Å². The zero-order chi connectivity index (χ0) is 18.8. The molecule has 2 unspecified atom stereocenters. The fourth-order valence-corrected chi connectivity index (χ4v) is 5.05. The normalized spacial score (nSPS) is 24.3. The summed E-state index contributed by atoms with van der Waals surface area (Å²) in [4.78, 5) is 33.9. The molecule has 27 heavy (non-hydrogen) atoms. The van der Waals surface area contributed by atoms with E-state index in [-0.39, 0.29) is 11.5 Å². The van der Waals surface area contributed by atoms with Crippen molar-refractivity contribution in [1.82, 2.24) is 20.2 Å². The Hall–Kier alpha value is -1.86. The maximum atomic E-state index is 12.5. The number of amides is 1. The van der Waals surface area contributed by atoms with Gasteiger partial charge in [0, 0.05) is 37.3 Å². The first kappa shape index (κ1) is 18.5. The fourth-order valence-electron chi connectivity index (χ4n) is 4.26. The van der Waals surface area contributed by atoms with Crippen LogP contribution in [0.5, 0.6) is 0 Å². The molecule has 6 nitrogen and oxygen atoms in total. The lowest BCUT2D eigenvalue weighted by Gasteiger charge is -2.35. The minimum absolute atomic E-state index is 0.104. The Bertz CT molecular complexity index is 872. The van der Waals surface area contributed by atoms with Gasteiger partial charge >= 0.3 is 0 Å². The van der Waals surface area contributed by atoms with E-state index >= 15 is 0 Å². The second kappa shape index (κ2) is 8.02. The predicted octanol–water partition coefficient (Wildman–Crippen LogP) is 2.29. The number of H-pyrrole nitrogens is 1. The molecule has 2 aliphatic rings. The summed E-state index contributed by atoms with van der Waals surface area (Å²) in [6.07, 6.45) is 5.17. The van der Waals surface area contributed by atoms with Gasteiger partial charge in [-0.15, -0.1) is 0 Å². The van der Waals surface area contributed by atoms with Gasteiger partial charge in [-0.1, -0.05) is 12.1 Å². The van der Waals surface area contributed by atoms with Crippen LogP contribution in [0, 0.1) is 0 Å². The van der Waals surface area contributed by atoms with Crippen LogP contribution in [0.2, 0.25) is 0 Å². The largest absolute Gasteiger partial charge is 0.343 e. The van der Waals surface area contributed by atoms with Crippen molar-refractivity contribution in [1.29, 1.82) is 0 Å². The number of aromatic nitrogens is 2. The Morgan fingerprint density at radius 2 is 2.00 bits per heavy atom. The highest BCUT2D eigenvalue weighted by Gasteiger charge is 2.36. The van der Waals surface area contributed by atoms with Crippen molar-refractivity contribution in [2.24, 2.45) is 0 Å². The van der Waals surface area contributed by atoms with E-state index in [1.165, 1.54) is 12.8 Å². The average Bonchev–Trinajstić information content (AvgIpc) is 3.02. The van der Waals surface area contributed by atoms with Crippen molar-refractivity contribution in [3.63, 3.8) is 0 Å². The highest BCUT2D eigenvalue weighted by atomic mass is 32.2. The fraction of sp³-hybridized carbons (Fsp3) is 0.550. The summed E-state index contributed by atoms with van der Waals surface area (Å²) < 4.78 is 0. The summed E-state index contributed by atoms with van der Waals surface area (Å²) in [5, 5.41) is 4.23. The van der Waals surface area contributed by atoms with E-state index in [2.05, 4.69) is 15.3 Å². The quantitative estimate of drug-likeness (QED) is 0.745. The summed E-state index contributed by atoms with van der Waals surface area (Å²) in [6.45, 7) is 0. The Kier molecular flexibility index (Phi) is 5.50. The molecule has 0 aliphatic carbocycles. The smallest absolute Gasteiger partial charge is 0.258 e. The number of benzene rings is 1. The maximum absolute atomic E-state index is 12.5. The molecular weight excluding hydrogens is 360 g/mol. The molecule has 2 fully saturated rings. The van der Waals surface area contributed by atoms with Crippen LogP contribution in [0.4, 0.5) is 0 Å². The molecule has 2 saturated heterocycles. The van der Waals surface area contributed by atoms with Gasteiger partial charge in [0.2, 0.25) is 5.91 Å². The molecule has 0 saturated carbocycles. The van der Waals surface area contributed by atoms with E-state index in [9.17, 15) is 9.59 Å². The van der Waals surface area contributed by atoms with Crippen LogP contribution in [0.15, 0.2) is 29.1 Å². The van der Waals surface area contributed by atoms with Gasteiger partial charge in [0.05, 0.1) is 16.7 Å². The number of nitrogens with zero attached hydrogens (tertiary/aromatic N) is 2. The van der Waals surface area contributed by atoms with Crippen molar-refractivity contribution >= 4 is 28.6 Å². The summed E-state index contributed by atoms with van der Waals surface area (Å²) in [5.74, 6) is 2.22. The number of hydrogen-bond acceptors (Lipinski definition) is 5. The van der Waals surface area contributed by atoms with Crippen molar-refractivity contribution < 1.29 is 4.79 Å². The summed E-state index contributed by atoms with van der Waals surface area (Å²) >= 11 is 1.64. The van der Waals surface area contributed by atoms with Crippen molar-refractivity contribution in [2.45, 2.75) is 56.0 Å². The second-order valence-electron chi connectivity index (χ2n) is 7.60. The zero-order valence-corrected chi connectivity index (χ0v) is 16.4. The van der Waals surface area contributed by atoms with E-state index in [1.54, 1.807) is 17.8 Å². The van der Waals surface area contributed by atoms with E-state index in [0.29, 0.717) is 47.0 Å². The third-order valence-corrected chi connectivity index (χ3v) is 6.72. The number of aromatic amines is 1. The number of piperidine rings is 1. The van der Waals surface area contributed by atoms with Gasteiger partial charge < -0.3 is 15.2 Å². The van der Waals surface area contributed by atoms with Gasteiger partial charge in [-0.05, 0) is 37.8 Å². The Morgan fingerprint density at radius 1 is 1.26 bits per heavy atom. The van der Waals surface area contributed by atoms with Crippen LogP contribution in [-0.4, -0.2) is 51.7 Å². The van der Waals surface area contributed by atoms with E-state index < -0.39 is 0 Å². The monoisotopic (exact) mass is 386 g/mol. The number of thioether (sulfide) groups is 1. The standard InChI is InChI=1S/C20H26N4O2S/c1-24(15-10-13-6-7-14(11-15)21-13)19(25)8-9-27-12-18-22-17-5-3-2-4-16(17)20(26)23-18/h2-5,13-15,21H,6-12H2,1H3,(H,22,23,26). The molecular formula is C20H26N4O2S. The van der Waals surface area contributed by atoms with Crippen LogP contribution < -0.4 is 10.9 Å². The van der Waals surface area contributed by atoms with Gasteiger partial charge in [0.1, 0.15) is 5.82 Å². The summed E-state index contributed by atoms with van der Waals surface area (Å²) in [7, 11) is 1.95. The van der Waals surface area contributed by atoms with E-state index in [4.69, 9.17) is 0 Å². The summed E-state index contributed by atoms with van der Waals surface area (Å²) in [5.41, 5.74) is 0.612. The molecule has 2 atom stereocenters. The second-order valence-corrected chi connectivity index (χ2v) is 8.71. The van der Waals surface area contributed by atoms with Gasteiger partial charge in [-0.3, -0.25) is 9.59 Å². The first-order chi connectivity index (χ1) is 13.1. The molecule has 1 aromatic carbocycles. The van der Waals surface area contributed by atoms with Crippen molar-refractivity contribution in [3.8, 4) is 0 Å². The van der Waals surface area contributed by atoms with Crippen LogP contribution in [0.25, 0.3) is 10.9 Å². The maximum Gasteiger partial charge on any atom is 0.258 e. The van der Waals surface area contributed by atoms with Crippen LogP contribution >= 0.6 is 11.8 Å². The Morgan fingerprint density at radius 3 is 2.78 bits per heavy atom. The average molecular weight is 387 g/mol.